The first-order valence-corrected chi connectivity index (χ1v) is 4.72. The third kappa shape index (κ3) is 1.13. The van der Waals surface area contributed by atoms with E-state index in [0.29, 0.717) is 10.7 Å². The zero-order chi connectivity index (χ0) is 8.72. The standard InChI is InChI=1S/C7H2Br2N2O/c8-3-1-2-4-6(5(3)9)11-7(12)10-4/h1-2H. The fraction of sp³-hybridized carbons (Fsp3) is 0. The monoisotopic (exact) mass is 288 g/mol. The van der Waals surface area contributed by atoms with Gasteiger partial charge in [0.1, 0.15) is 5.36 Å². The third-order valence-electron chi connectivity index (χ3n) is 1.47. The highest BCUT2D eigenvalue weighted by Gasteiger charge is 2.09. The van der Waals surface area contributed by atoms with Gasteiger partial charge >= 0.3 is 6.03 Å². The first-order chi connectivity index (χ1) is 5.68. The van der Waals surface area contributed by atoms with Crippen molar-refractivity contribution in [3.05, 3.63) is 31.8 Å². The second-order valence-corrected chi connectivity index (χ2v) is 3.88. The molecule has 5 heteroatoms. The highest BCUT2D eigenvalue weighted by molar-refractivity contribution is 9.13. The number of halogens is 2. The normalized spacial score (nSPS) is 13.7. The summed E-state index contributed by atoms with van der Waals surface area (Å²) in [5.41, 5.74) is 0. The molecule has 0 aromatic heterocycles. The lowest BCUT2D eigenvalue weighted by atomic mass is 10.3. The Kier molecular flexibility index (Phi) is 1.84. The van der Waals surface area contributed by atoms with Crippen molar-refractivity contribution < 1.29 is 4.79 Å². The molecule has 3 nitrogen and oxygen atoms in total. The maximum atomic E-state index is 10.8. The molecule has 0 fully saturated rings. The van der Waals surface area contributed by atoms with E-state index in [9.17, 15) is 4.79 Å². The summed E-state index contributed by atoms with van der Waals surface area (Å²) in [5.74, 6) is 0. The van der Waals surface area contributed by atoms with Gasteiger partial charge in [0.15, 0.2) is 0 Å². The largest absolute Gasteiger partial charge is 0.368 e. The van der Waals surface area contributed by atoms with Crippen LogP contribution in [0.5, 0.6) is 0 Å². The minimum absolute atomic E-state index is 0.441. The number of fused-ring (bicyclic) bond motifs is 1. The van der Waals surface area contributed by atoms with Gasteiger partial charge < -0.3 is 0 Å². The average Bonchev–Trinajstić information content (AvgIpc) is 2.39. The molecule has 0 aliphatic carbocycles. The van der Waals surface area contributed by atoms with Crippen LogP contribution in [-0.4, -0.2) is 6.03 Å². The first-order valence-electron chi connectivity index (χ1n) is 3.14. The number of nitrogens with zero attached hydrogens (tertiary/aromatic N) is 2. The number of carbonyl (C=O) groups excluding carboxylic acids is 1. The number of benzene rings is 1. The van der Waals surface area contributed by atoms with Crippen LogP contribution in [0.3, 0.4) is 0 Å². The van der Waals surface area contributed by atoms with Crippen molar-refractivity contribution in [3.63, 3.8) is 0 Å². The molecule has 0 bridgehead atoms. The van der Waals surface area contributed by atoms with Crippen LogP contribution in [0.25, 0.3) is 0 Å². The molecule has 1 aromatic rings. The molecular formula is C7H2Br2N2O. The van der Waals surface area contributed by atoms with Crippen molar-refractivity contribution in [3.8, 4) is 0 Å². The van der Waals surface area contributed by atoms with E-state index in [1.807, 2.05) is 6.07 Å². The highest BCUT2D eigenvalue weighted by atomic mass is 79.9. The number of hydrogen-bond acceptors (Lipinski definition) is 1. The lowest BCUT2D eigenvalue weighted by Crippen LogP contribution is -2.22. The van der Waals surface area contributed by atoms with Crippen molar-refractivity contribution in [1.82, 2.24) is 0 Å². The quantitative estimate of drug-likeness (QED) is 0.715. The Morgan fingerprint density at radius 2 is 1.92 bits per heavy atom. The minimum Gasteiger partial charge on any atom is -0.244 e. The third-order valence-corrected chi connectivity index (χ3v) is 3.47. The van der Waals surface area contributed by atoms with Crippen LogP contribution in [-0.2, 0) is 0 Å². The molecular weight excluding hydrogens is 288 g/mol. The van der Waals surface area contributed by atoms with Crippen LogP contribution in [0.15, 0.2) is 31.1 Å². The Morgan fingerprint density at radius 3 is 2.67 bits per heavy atom. The predicted octanol–water partition coefficient (Wildman–Crippen LogP) is 1.58. The molecule has 2 amide bonds. The highest BCUT2D eigenvalue weighted by Crippen LogP contribution is 2.16. The zero-order valence-corrected chi connectivity index (χ0v) is 8.89. The lowest BCUT2D eigenvalue weighted by Gasteiger charge is -1.91. The molecule has 0 saturated heterocycles. The van der Waals surface area contributed by atoms with Crippen molar-refractivity contribution >= 4 is 37.9 Å². The summed E-state index contributed by atoms with van der Waals surface area (Å²) in [6.07, 6.45) is 0. The van der Waals surface area contributed by atoms with Crippen molar-refractivity contribution in [2.24, 2.45) is 9.98 Å². The molecule has 1 aromatic carbocycles. The average molecular weight is 290 g/mol. The molecule has 0 N–H and O–H groups in total. The number of urea groups is 1. The smallest absolute Gasteiger partial charge is 0.244 e. The summed E-state index contributed by atoms with van der Waals surface area (Å²) in [6, 6.07) is 3.13. The topological polar surface area (TPSA) is 41.8 Å². The van der Waals surface area contributed by atoms with Crippen molar-refractivity contribution in [1.29, 1.82) is 0 Å². The van der Waals surface area contributed by atoms with Gasteiger partial charge in [-0.15, -0.1) is 0 Å². The molecule has 1 aliphatic rings. The van der Waals surface area contributed by atoms with Gasteiger partial charge in [-0.3, -0.25) is 0 Å². The zero-order valence-electron chi connectivity index (χ0n) is 5.71. The number of hydrogen-bond donors (Lipinski definition) is 0. The summed E-state index contributed by atoms with van der Waals surface area (Å²) in [5, 5.41) is 1.23. The second kappa shape index (κ2) is 2.74. The molecule has 1 heterocycles. The Hall–Kier alpha value is -0.550. The summed E-state index contributed by atoms with van der Waals surface area (Å²) in [4.78, 5) is 18.2. The molecule has 1 aliphatic heterocycles. The Morgan fingerprint density at radius 1 is 1.17 bits per heavy atom. The Balaban J connectivity index is 2.96. The maximum Gasteiger partial charge on any atom is 0.368 e. The van der Waals surface area contributed by atoms with E-state index in [1.165, 1.54) is 0 Å². The Bertz CT molecular complexity index is 481. The second-order valence-electron chi connectivity index (χ2n) is 2.24. The molecule has 0 unspecified atom stereocenters. The summed E-state index contributed by atoms with van der Waals surface area (Å²) < 4.78 is 1.64. The fourth-order valence-corrected chi connectivity index (χ4v) is 1.69. The van der Waals surface area contributed by atoms with Gasteiger partial charge in [0, 0.05) is 4.47 Å². The van der Waals surface area contributed by atoms with Gasteiger partial charge in [-0.2, -0.15) is 9.98 Å². The van der Waals surface area contributed by atoms with E-state index >= 15 is 0 Å². The van der Waals surface area contributed by atoms with Gasteiger partial charge in [-0.05, 0) is 44.0 Å². The molecule has 2 rings (SSSR count). The summed E-state index contributed by atoms with van der Waals surface area (Å²) >= 11 is 6.61. The summed E-state index contributed by atoms with van der Waals surface area (Å²) in [6.45, 7) is 0. The van der Waals surface area contributed by atoms with E-state index < -0.39 is 6.03 Å². The van der Waals surface area contributed by atoms with Crippen molar-refractivity contribution in [2.45, 2.75) is 0 Å². The van der Waals surface area contributed by atoms with Gasteiger partial charge in [0.2, 0.25) is 0 Å². The van der Waals surface area contributed by atoms with E-state index in [0.717, 1.165) is 8.95 Å². The van der Waals surface area contributed by atoms with Crippen LogP contribution in [0, 0.1) is 0 Å². The van der Waals surface area contributed by atoms with E-state index in [2.05, 4.69) is 41.8 Å². The van der Waals surface area contributed by atoms with Crippen LogP contribution in [0.2, 0.25) is 0 Å². The molecule has 60 valence electrons. The van der Waals surface area contributed by atoms with E-state index in [-0.39, 0.29) is 0 Å². The lowest BCUT2D eigenvalue weighted by molar-refractivity contribution is 0.256. The Labute approximate surface area is 84.5 Å². The molecule has 0 atom stereocenters. The van der Waals surface area contributed by atoms with Crippen LogP contribution < -0.4 is 10.7 Å². The maximum absolute atomic E-state index is 10.8. The predicted molar refractivity (Wildman–Crippen MR) is 49.5 cm³/mol. The SMILES string of the molecule is O=C1N=c2ccc(Br)c(Br)c2=N1. The minimum atomic E-state index is -0.441. The van der Waals surface area contributed by atoms with Crippen molar-refractivity contribution in [2.75, 3.05) is 0 Å². The van der Waals surface area contributed by atoms with Crippen LogP contribution in [0.1, 0.15) is 0 Å². The van der Waals surface area contributed by atoms with E-state index in [1.54, 1.807) is 6.07 Å². The fourth-order valence-electron chi connectivity index (χ4n) is 0.950. The number of amides is 2. The van der Waals surface area contributed by atoms with Gasteiger partial charge in [0.05, 0.1) is 9.83 Å². The van der Waals surface area contributed by atoms with Gasteiger partial charge in [-0.25, -0.2) is 4.79 Å². The molecule has 0 radical (unpaired) electrons. The molecule has 12 heavy (non-hydrogen) atoms. The van der Waals surface area contributed by atoms with E-state index in [4.69, 9.17) is 0 Å². The van der Waals surface area contributed by atoms with Crippen LogP contribution in [0.4, 0.5) is 4.79 Å². The number of rotatable bonds is 0. The number of carbonyl (C=O) groups is 1. The van der Waals surface area contributed by atoms with Gasteiger partial charge in [-0.1, -0.05) is 0 Å². The summed E-state index contributed by atoms with van der Waals surface area (Å²) in [7, 11) is 0. The van der Waals surface area contributed by atoms with Crippen LogP contribution >= 0.6 is 31.9 Å². The molecule has 0 saturated carbocycles. The van der Waals surface area contributed by atoms with Gasteiger partial charge in [0.25, 0.3) is 0 Å². The first kappa shape index (κ1) is 8.07. The molecule has 0 spiro atoms.